The molecule has 0 radical (unpaired) electrons. The van der Waals surface area contributed by atoms with Crippen LogP contribution in [-0.2, 0) is 0 Å². The molecule has 0 spiro atoms. The Labute approximate surface area is 130 Å². The predicted octanol–water partition coefficient (Wildman–Crippen LogP) is 2.91. The summed E-state index contributed by atoms with van der Waals surface area (Å²) in [5, 5.41) is 4.69. The molecule has 3 unspecified atom stereocenters. The molecule has 3 atom stereocenters. The Hall–Kier alpha value is -0.480. The van der Waals surface area contributed by atoms with Crippen molar-refractivity contribution < 1.29 is 4.74 Å². The Morgan fingerprint density at radius 2 is 2.20 bits per heavy atom. The number of hydrogen-bond donors (Lipinski definition) is 1. The first-order valence-electron chi connectivity index (χ1n) is 7.18. The molecule has 20 heavy (non-hydrogen) atoms. The standard InChI is InChI=1S/C15H20Cl2N2O/c1-10-13-8-18-7-11(13)9-19(10)4-5-20-15-3-2-12(16)6-14(15)17/h2-3,6,10-11,13,18H,4-5,7-9H2,1H3. The van der Waals surface area contributed by atoms with Crippen LogP contribution in [0.4, 0.5) is 0 Å². The third kappa shape index (κ3) is 2.91. The fraction of sp³-hybridized carbons (Fsp3) is 0.600. The molecule has 0 aliphatic carbocycles. The van der Waals surface area contributed by atoms with Gasteiger partial charge in [-0.2, -0.15) is 0 Å². The summed E-state index contributed by atoms with van der Waals surface area (Å²) in [5.41, 5.74) is 0. The molecule has 0 bridgehead atoms. The number of nitrogens with zero attached hydrogens (tertiary/aromatic N) is 1. The van der Waals surface area contributed by atoms with Gasteiger partial charge >= 0.3 is 0 Å². The van der Waals surface area contributed by atoms with Crippen LogP contribution >= 0.6 is 23.2 Å². The van der Waals surface area contributed by atoms with Crippen LogP contribution in [0.1, 0.15) is 6.92 Å². The van der Waals surface area contributed by atoms with E-state index in [-0.39, 0.29) is 0 Å². The molecule has 0 aromatic heterocycles. The number of halogens is 2. The molecule has 2 aliphatic rings. The number of benzene rings is 1. The lowest BCUT2D eigenvalue weighted by Gasteiger charge is -2.24. The average Bonchev–Trinajstić information content (AvgIpc) is 2.97. The van der Waals surface area contributed by atoms with Crippen LogP contribution in [0.25, 0.3) is 0 Å². The topological polar surface area (TPSA) is 24.5 Å². The SMILES string of the molecule is CC1C2CNCC2CN1CCOc1ccc(Cl)cc1Cl. The molecule has 0 saturated carbocycles. The second-order valence-electron chi connectivity index (χ2n) is 5.74. The summed E-state index contributed by atoms with van der Waals surface area (Å²) in [7, 11) is 0. The Morgan fingerprint density at radius 1 is 1.35 bits per heavy atom. The first kappa shape index (κ1) is 14.5. The van der Waals surface area contributed by atoms with Crippen LogP contribution in [0.2, 0.25) is 10.0 Å². The number of likely N-dealkylation sites (tertiary alicyclic amines) is 1. The molecule has 0 amide bonds. The van der Waals surface area contributed by atoms with E-state index < -0.39 is 0 Å². The summed E-state index contributed by atoms with van der Waals surface area (Å²) in [6.45, 7) is 7.44. The first-order chi connectivity index (χ1) is 9.65. The van der Waals surface area contributed by atoms with Crippen molar-refractivity contribution in [2.75, 3.05) is 32.8 Å². The molecule has 2 saturated heterocycles. The van der Waals surface area contributed by atoms with E-state index in [0.717, 1.165) is 31.5 Å². The molecule has 3 nitrogen and oxygen atoms in total. The first-order valence-corrected chi connectivity index (χ1v) is 7.93. The fourth-order valence-electron chi connectivity index (χ4n) is 3.42. The summed E-state index contributed by atoms with van der Waals surface area (Å²) in [4.78, 5) is 2.53. The van der Waals surface area contributed by atoms with Gasteiger partial charge in [-0.1, -0.05) is 23.2 Å². The van der Waals surface area contributed by atoms with E-state index >= 15 is 0 Å². The van der Waals surface area contributed by atoms with Crippen molar-refractivity contribution in [1.29, 1.82) is 0 Å². The normalized spacial score (nSPS) is 29.6. The maximum Gasteiger partial charge on any atom is 0.138 e. The van der Waals surface area contributed by atoms with Gasteiger partial charge in [0, 0.05) is 24.2 Å². The molecule has 1 aromatic rings. The zero-order valence-electron chi connectivity index (χ0n) is 11.6. The second-order valence-corrected chi connectivity index (χ2v) is 6.58. The molecular weight excluding hydrogens is 295 g/mol. The number of fused-ring (bicyclic) bond motifs is 1. The van der Waals surface area contributed by atoms with Crippen LogP contribution in [0, 0.1) is 11.8 Å². The van der Waals surface area contributed by atoms with Crippen LogP contribution in [0.3, 0.4) is 0 Å². The highest BCUT2D eigenvalue weighted by Crippen LogP contribution is 2.32. The van der Waals surface area contributed by atoms with Crippen molar-refractivity contribution in [1.82, 2.24) is 10.2 Å². The molecule has 1 aromatic carbocycles. The van der Waals surface area contributed by atoms with Gasteiger partial charge in [0.05, 0.1) is 5.02 Å². The third-order valence-electron chi connectivity index (χ3n) is 4.59. The predicted molar refractivity (Wildman–Crippen MR) is 82.8 cm³/mol. The van der Waals surface area contributed by atoms with E-state index in [4.69, 9.17) is 27.9 Å². The molecular formula is C15H20Cl2N2O. The van der Waals surface area contributed by atoms with E-state index in [2.05, 4.69) is 17.1 Å². The molecule has 5 heteroatoms. The van der Waals surface area contributed by atoms with Crippen LogP contribution in [-0.4, -0.2) is 43.7 Å². The van der Waals surface area contributed by atoms with Gasteiger partial charge < -0.3 is 10.1 Å². The lowest BCUT2D eigenvalue weighted by Crippen LogP contribution is -2.36. The number of nitrogens with one attached hydrogen (secondary N) is 1. The highest BCUT2D eigenvalue weighted by atomic mass is 35.5. The van der Waals surface area contributed by atoms with E-state index in [0.29, 0.717) is 28.4 Å². The zero-order valence-corrected chi connectivity index (χ0v) is 13.1. The van der Waals surface area contributed by atoms with Crippen molar-refractivity contribution in [2.45, 2.75) is 13.0 Å². The fourth-order valence-corrected chi connectivity index (χ4v) is 3.88. The van der Waals surface area contributed by atoms with E-state index in [1.165, 1.54) is 6.54 Å². The number of ether oxygens (including phenoxy) is 1. The number of rotatable bonds is 4. The molecule has 2 aliphatic heterocycles. The Balaban J connectivity index is 1.50. The van der Waals surface area contributed by atoms with Gasteiger partial charge in [0.15, 0.2) is 0 Å². The third-order valence-corrected chi connectivity index (χ3v) is 5.12. The summed E-state index contributed by atoms with van der Waals surface area (Å²) < 4.78 is 5.78. The summed E-state index contributed by atoms with van der Waals surface area (Å²) >= 11 is 12.0. The van der Waals surface area contributed by atoms with Crippen LogP contribution < -0.4 is 10.1 Å². The van der Waals surface area contributed by atoms with Gasteiger partial charge in [-0.05, 0) is 50.0 Å². The molecule has 2 heterocycles. The van der Waals surface area contributed by atoms with Crippen molar-refractivity contribution >= 4 is 23.2 Å². The smallest absolute Gasteiger partial charge is 0.138 e. The van der Waals surface area contributed by atoms with Gasteiger partial charge in [0.1, 0.15) is 12.4 Å². The van der Waals surface area contributed by atoms with Crippen molar-refractivity contribution in [2.24, 2.45) is 11.8 Å². The minimum Gasteiger partial charge on any atom is -0.491 e. The molecule has 2 fully saturated rings. The maximum absolute atomic E-state index is 6.10. The quantitative estimate of drug-likeness (QED) is 0.925. The van der Waals surface area contributed by atoms with Crippen molar-refractivity contribution in [3.8, 4) is 5.75 Å². The van der Waals surface area contributed by atoms with Gasteiger partial charge in [-0.15, -0.1) is 0 Å². The summed E-state index contributed by atoms with van der Waals surface area (Å²) in [5.74, 6) is 2.32. The Morgan fingerprint density at radius 3 is 2.95 bits per heavy atom. The molecule has 1 N–H and O–H groups in total. The average molecular weight is 315 g/mol. The Kier molecular flexibility index (Phi) is 4.41. The summed E-state index contributed by atoms with van der Waals surface area (Å²) in [6, 6.07) is 5.99. The molecule has 3 rings (SSSR count). The minimum atomic E-state index is 0.577. The lowest BCUT2D eigenvalue weighted by molar-refractivity contribution is 0.189. The summed E-state index contributed by atoms with van der Waals surface area (Å²) in [6.07, 6.45) is 0. The lowest BCUT2D eigenvalue weighted by atomic mass is 9.95. The highest BCUT2D eigenvalue weighted by Gasteiger charge is 2.41. The van der Waals surface area contributed by atoms with Crippen molar-refractivity contribution in [3.63, 3.8) is 0 Å². The van der Waals surface area contributed by atoms with E-state index in [1.54, 1.807) is 12.1 Å². The second kappa shape index (κ2) is 6.10. The van der Waals surface area contributed by atoms with E-state index in [9.17, 15) is 0 Å². The monoisotopic (exact) mass is 314 g/mol. The zero-order chi connectivity index (χ0) is 14.1. The van der Waals surface area contributed by atoms with Crippen LogP contribution in [0.15, 0.2) is 18.2 Å². The van der Waals surface area contributed by atoms with Gasteiger partial charge in [-0.3, -0.25) is 4.90 Å². The van der Waals surface area contributed by atoms with Gasteiger partial charge in [0.2, 0.25) is 0 Å². The minimum absolute atomic E-state index is 0.577. The van der Waals surface area contributed by atoms with Gasteiger partial charge in [-0.25, -0.2) is 0 Å². The highest BCUT2D eigenvalue weighted by molar-refractivity contribution is 6.35. The van der Waals surface area contributed by atoms with E-state index in [1.807, 2.05) is 6.07 Å². The van der Waals surface area contributed by atoms with Crippen LogP contribution in [0.5, 0.6) is 5.75 Å². The van der Waals surface area contributed by atoms with Crippen molar-refractivity contribution in [3.05, 3.63) is 28.2 Å². The Bertz CT molecular complexity index is 483. The van der Waals surface area contributed by atoms with Gasteiger partial charge in [0.25, 0.3) is 0 Å². The number of hydrogen-bond acceptors (Lipinski definition) is 3. The maximum atomic E-state index is 6.10. The largest absolute Gasteiger partial charge is 0.491 e. The molecule has 110 valence electrons.